The summed E-state index contributed by atoms with van der Waals surface area (Å²) >= 11 is 2.62. The van der Waals surface area contributed by atoms with Crippen molar-refractivity contribution in [2.45, 2.75) is 13.8 Å². The zero-order valence-corrected chi connectivity index (χ0v) is 28.9. The Bertz CT molecular complexity index is 1850. The second-order valence-corrected chi connectivity index (χ2v) is 15.7. The van der Waals surface area contributed by atoms with Crippen molar-refractivity contribution in [1.82, 2.24) is 0 Å². The number of hydrogen-bond acceptors (Lipinski definition) is 6. The molecule has 0 saturated heterocycles. The Balaban J connectivity index is 0.00000118. The van der Waals surface area contributed by atoms with Crippen LogP contribution in [0.4, 0.5) is 0 Å². The Morgan fingerprint density at radius 3 is 1.35 bits per heavy atom. The molecule has 0 spiro atoms. The average molecular weight is 721 g/mol. The molecule has 0 saturated carbocycles. The molecule has 0 radical (unpaired) electrons. The van der Waals surface area contributed by atoms with Crippen molar-refractivity contribution in [2.24, 2.45) is 9.98 Å². The van der Waals surface area contributed by atoms with Crippen molar-refractivity contribution in [3.63, 3.8) is 0 Å². The first-order valence-corrected chi connectivity index (χ1v) is 21.2. The van der Waals surface area contributed by atoms with Gasteiger partial charge in [0.15, 0.2) is 0 Å². The van der Waals surface area contributed by atoms with Gasteiger partial charge in [0.05, 0.1) is 11.4 Å². The molecule has 6 aromatic rings. The number of phenolic OH excluding ortho intramolecular Hbond substituents is 2. The molecule has 0 bridgehead atoms. The Hall–Kier alpha value is -3.06. The van der Waals surface area contributed by atoms with E-state index in [4.69, 9.17) is 27.0 Å². The van der Waals surface area contributed by atoms with E-state index in [0.29, 0.717) is 22.5 Å². The molecule has 0 aliphatic carbocycles. The topological polar surface area (TPSA) is 65.2 Å². The van der Waals surface area contributed by atoms with Crippen molar-refractivity contribution in [2.75, 3.05) is 0 Å². The predicted molar refractivity (Wildman–Crippen MR) is 183 cm³/mol. The van der Waals surface area contributed by atoms with Crippen LogP contribution in [0.5, 0.6) is 11.5 Å². The van der Waals surface area contributed by atoms with Crippen molar-refractivity contribution in [3.05, 3.63) is 129 Å². The van der Waals surface area contributed by atoms with Crippen LogP contribution >= 0.6 is 39.7 Å². The van der Waals surface area contributed by atoms with Gasteiger partial charge in [0, 0.05) is 64.6 Å². The van der Waals surface area contributed by atoms with Gasteiger partial charge in [0.1, 0.15) is 11.5 Å². The Kier molecular flexibility index (Phi) is 10.7. The number of nitrogens with zero attached hydrogens (tertiary/aromatic N) is 2. The molecule has 43 heavy (non-hydrogen) atoms. The monoisotopic (exact) mass is 718 g/mol. The zero-order valence-electron chi connectivity index (χ0n) is 23.3. The standard InChI is InChI=1S/C34H26N2O2S2.2ClH.Zr/c1-21-31(25-13-5-9-17-29(25)39-21)33(35-19-23-11-3-7-15-27(23)37)34(36-20-24-12-4-8-16-28(24)38)32-22(2)40-30-18-10-6-14-26(30)32;;;/h3-20,37-38H,1-2H3;2*1H;/q;;;+2/p-2/b34-33-,35-19?,36-20?;;;. The summed E-state index contributed by atoms with van der Waals surface area (Å²) in [6, 6.07) is 31.0. The van der Waals surface area contributed by atoms with Gasteiger partial charge in [0.25, 0.3) is 0 Å². The summed E-state index contributed by atoms with van der Waals surface area (Å²) in [5.74, 6) is 0.322. The van der Waals surface area contributed by atoms with Gasteiger partial charge in [0.2, 0.25) is 0 Å². The van der Waals surface area contributed by atoms with E-state index in [1.54, 1.807) is 59.4 Å². The van der Waals surface area contributed by atoms with E-state index >= 15 is 0 Å². The molecular formula is C34H26Cl2N2O2S2Zr. The summed E-state index contributed by atoms with van der Waals surface area (Å²) in [5, 5.41) is 23.2. The van der Waals surface area contributed by atoms with Crippen molar-refractivity contribution >= 4 is 83.7 Å². The average Bonchev–Trinajstić information content (AvgIpc) is 3.52. The van der Waals surface area contributed by atoms with Crippen LogP contribution in [0.3, 0.4) is 0 Å². The molecule has 2 aromatic heterocycles. The number of hydrogen-bond donors (Lipinski definition) is 2. The molecule has 0 amide bonds. The Labute approximate surface area is 277 Å². The van der Waals surface area contributed by atoms with Gasteiger partial charge >= 0.3 is 37.9 Å². The van der Waals surface area contributed by atoms with Crippen LogP contribution in [0.1, 0.15) is 32.0 Å². The molecule has 2 N–H and O–H groups in total. The SMILES string of the molecule is Cc1sc2ccccc2c1/C(N=Cc1ccccc1O)=C(/N=Cc1ccccc1O)c1c(C)sc2ccccc12.[Cl][Zr][Cl]. The van der Waals surface area contributed by atoms with E-state index in [1.807, 2.05) is 48.5 Å². The second kappa shape index (κ2) is 14.6. The van der Waals surface area contributed by atoms with E-state index in [2.05, 4.69) is 38.1 Å². The van der Waals surface area contributed by atoms with Crippen molar-refractivity contribution < 1.29 is 31.1 Å². The van der Waals surface area contributed by atoms with Gasteiger partial charge in [-0.3, -0.25) is 9.98 Å². The van der Waals surface area contributed by atoms with Gasteiger partial charge in [-0.1, -0.05) is 60.7 Å². The third-order valence-electron chi connectivity index (χ3n) is 6.78. The number of rotatable bonds is 6. The Morgan fingerprint density at radius 1 is 0.605 bits per heavy atom. The predicted octanol–water partition coefficient (Wildman–Crippen LogP) is 10.6. The third kappa shape index (κ3) is 7.03. The molecule has 2 heterocycles. The molecule has 0 fully saturated rings. The molecule has 9 heteroatoms. The number of thiophene rings is 2. The first-order valence-electron chi connectivity index (χ1n) is 13.2. The molecule has 4 aromatic carbocycles. The van der Waals surface area contributed by atoms with E-state index in [9.17, 15) is 10.2 Å². The number of aromatic hydroxyl groups is 2. The van der Waals surface area contributed by atoms with Gasteiger partial charge in [-0.15, -0.1) is 22.7 Å². The van der Waals surface area contributed by atoms with E-state index in [1.165, 1.54) is 9.40 Å². The van der Waals surface area contributed by atoms with Crippen LogP contribution in [-0.2, 0) is 20.8 Å². The number of benzene rings is 4. The fourth-order valence-electron chi connectivity index (χ4n) is 4.87. The van der Waals surface area contributed by atoms with Crippen LogP contribution in [0.15, 0.2) is 107 Å². The first kappa shape index (κ1) is 31.4. The maximum absolute atomic E-state index is 10.5. The quantitative estimate of drug-likeness (QED) is 0.168. The van der Waals surface area contributed by atoms with E-state index in [0.717, 1.165) is 31.7 Å². The molecule has 6 rings (SSSR count). The number of aryl methyl sites for hydroxylation is 2. The summed E-state index contributed by atoms with van der Waals surface area (Å²) < 4.78 is 2.34. The number of fused-ring (bicyclic) bond motifs is 2. The van der Waals surface area contributed by atoms with Gasteiger partial charge in [-0.05, 0) is 50.2 Å². The zero-order chi connectivity index (χ0) is 30.3. The summed E-state index contributed by atoms with van der Waals surface area (Å²) in [7, 11) is 9.87. The molecule has 0 aliphatic rings. The maximum atomic E-state index is 10.5. The van der Waals surface area contributed by atoms with Crippen LogP contribution in [0.2, 0.25) is 0 Å². The molecule has 214 valence electrons. The molecule has 0 atom stereocenters. The first-order chi connectivity index (χ1) is 20.9. The van der Waals surface area contributed by atoms with Gasteiger partial charge < -0.3 is 10.2 Å². The van der Waals surface area contributed by atoms with E-state index in [-0.39, 0.29) is 11.5 Å². The fraction of sp³-hybridized carbons (Fsp3) is 0.0588. The van der Waals surface area contributed by atoms with Crippen LogP contribution in [0.25, 0.3) is 31.6 Å². The van der Waals surface area contributed by atoms with Gasteiger partial charge in [-0.25, -0.2) is 0 Å². The van der Waals surface area contributed by atoms with Crippen LogP contribution < -0.4 is 0 Å². The van der Waals surface area contributed by atoms with Crippen molar-refractivity contribution in [3.8, 4) is 11.5 Å². The summed E-state index contributed by atoms with van der Waals surface area (Å²) in [4.78, 5) is 12.4. The third-order valence-corrected chi connectivity index (χ3v) is 8.95. The van der Waals surface area contributed by atoms with Crippen LogP contribution in [-0.4, -0.2) is 22.6 Å². The Morgan fingerprint density at radius 2 is 0.953 bits per heavy atom. The van der Waals surface area contributed by atoms with E-state index < -0.39 is 20.8 Å². The number of aliphatic imine (C=N–C) groups is 2. The minimum atomic E-state index is -0.826. The number of halogens is 2. The number of phenols is 2. The fourth-order valence-corrected chi connectivity index (χ4v) is 7.00. The molecular weight excluding hydrogens is 695 g/mol. The van der Waals surface area contributed by atoms with Crippen molar-refractivity contribution in [1.29, 1.82) is 0 Å². The molecule has 4 nitrogen and oxygen atoms in total. The molecule has 0 aliphatic heterocycles. The minimum absolute atomic E-state index is 0.161. The second-order valence-electron chi connectivity index (χ2n) is 9.46. The normalized spacial score (nSPS) is 12.1. The van der Waals surface area contributed by atoms with Gasteiger partial charge in [-0.2, -0.15) is 0 Å². The summed E-state index contributed by atoms with van der Waals surface area (Å²) in [5.41, 5.74) is 4.66. The molecule has 0 unspecified atom stereocenters. The summed E-state index contributed by atoms with van der Waals surface area (Å²) in [6.07, 6.45) is 3.41. The van der Waals surface area contributed by atoms with Crippen LogP contribution in [0, 0.1) is 13.8 Å². The summed E-state index contributed by atoms with van der Waals surface area (Å²) in [6.45, 7) is 4.22. The number of para-hydroxylation sites is 2.